The Morgan fingerprint density at radius 2 is 1.88 bits per heavy atom. The van der Waals surface area contributed by atoms with E-state index >= 15 is 0 Å². The fourth-order valence-electron chi connectivity index (χ4n) is 1.32. The number of ether oxygens (including phenoxy) is 1. The third-order valence-electron chi connectivity index (χ3n) is 2.26. The van der Waals surface area contributed by atoms with Gasteiger partial charge >= 0.3 is 5.97 Å². The Morgan fingerprint density at radius 1 is 1.31 bits per heavy atom. The van der Waals surface area contributed by atoms with E-state index in [1.165, 1.54) is 7.11 Å². The molecule has 1 unspecified atom stereocenters. The summed E-state index contributed by atoms with van der Waals surface area (Å²) in [4.78, 5) is 25.1. The maximum atomic E-state index is 11.7. The zero-order chi connectivity index (χ0) is 12.7. The van der Waals surface area contributed by atoms with Crippen molar-refractivity contribution in [3.8, 4) is 0 Å². The van der Waals surface area contributed by atoms with E-state index < -0.39 is 11.9 Å². The Kier molecular flexibility index (Phi) is 6.72. The van der Waals surface area contributed by atoms with E-state index in [1.54, 1.807) is 0 Å². The number of hydrogen-bond donors (Lipinski definition) is 1. The molecule has 5 heteroatoms. The molecule has 5 nitrogen and oxygen atoms in total. The van der Waals surface area contributed by atoms with Gasteiger partial charge in [-0.2, -0.15) is 0 Å². The summed E-state index contributed by atoms with van der Waals surface area (Å²) in [5, 5.41) is 2.73. The number of nitrogens with zero attached hydrogens (tertiary/aromatic N) is 1. The van der Waals surface area contributed by atoms with Gasteiger partial charge in [-0.05, 0) is 20.0 Å². The van der Waals surface area contributed by atoms with Gasteiger partial charge < -0.3 is 15.0 Å². The van der Waals surface area contributed by atoms with Crippen molar-refractivity contribution in [3.05, 3.63) is 0 Å². The Bertz CT molecular complexity index is 239. The second kappa shape index (κ2) is 7.22. The predicted molar refractivity (Wildman–Crippen MR) is 61.9 cm³/mol. The van der Waals surface area contributed by atoms with E-state index in [-0.39, 0.29) is 11.8 Å². The van der Waals surface area contributed by atoms with Gasteiger partial charge in [0.1, 0.15) is 5.92 Å². The number of nitrogens with one attached hydrogen (secondary N) is 1. The minimum Gasteiger partial charge on any atom is -0.468 e. The molecule has 0 aliphatic carbocycles. The summed E-state index contributed by atoms with van der Waals surface area (Å²) in [7, 11) is 5.14. The lowest BCUT2D eigenvalue weighted by molar-refractivity contribution is -0.151. The van der Waals surface area contributed by atoms with Crippen molar-refractivity contribution in [3.63, 3.8) is 0 Å². The third-order valence-corrected chi connectivity index (χ3v) is 2.26. The normalized spacial score (nSPS) is 12.7. The maximum Gasteiger partial charge on any atom is 0.318 e. The summed E-state index contributed by atoms with van der Waals surface area (Å²) in [6.07, 6.45) is 0. The fraction of sp³-hybridized carbons (Fsp3) is 0.818. The minimum absolute atomic E-state index is 0.0631. The molecule has 94 valence electrons. The van der Waals surface area contributed by atoms with Crippen molar-refractivity contribution in [2.45, 2.75) is 13.8 Å². The van der Waals surface area contributed by atoms with E-state index in [0.29, 0.717) is 6.54 Å². The Morgan fingerprint density at radius 3 is 2.25 bits per heavy atom. The molecule has 1 amide bonds. The lowest BCUT2D eigenvalue weighted by Gasteiger charge is -2.18. The lowest BCUT2D eigenvalue weighted by atomic mass is 9.95. The molecule has 0 spiro atoms. The van der Waals surface area contributed by atoms with E-state index in [4.69, 9.17) is 0 Å². The number of hydrogen-bond acceptors (Lipinski definition) is 4. The van der Waals surface area contributed by atoms with Gasteiger partial charge in [-0.25, -0.2) is 0 Å². The highest BCUT2D eigenvalue weighted by Gasteiger charge is 2.30. The van der Waals surface area contributed by atoms with E-state index in [1.807, 2.05) is 32.8 Å². The van der Waals surface area contributed by atoms with Crippen LogP contribution in [0.4, 0.5) is 0 Å². The van der Waals surface area contributed by atoms with Gasteiger partial charge in [0.05, 0.1) is 7.11 Å². The van der Waals surface area contributed by atoms with Crippen molar-refractivity contribution in [2.24, 2.45) is 11.8 Å². The molecule has 0 rings (SSSR count). The molecule has 0 fully saturated rings. The standard InChI is InChI=1S/C11H22N2O3/c1-8(2)9(11(15)16-5)10(14)12-6-7-13(3)4/h8-9H,6-7H2,1-5H3,(H,12,14). The first-order valence-electron chi connectivity index (χ1n) is 5.40. The van der Waals surface area contributed by atoms with E-state index in [9.17, 15) is 9.59 Å². The van der Waals surface area contributed by atoms with Crippen molar-refractivity contribution >= 4 is 11.9 Å². The molecule has 0 aliphatic heterocycles. The topological polar surface area (TPSA) is 58.6 Å². The van der Waals surface area contributed by atoms with Gasteiger partial charge in [0.15, 0.2) is 0 Å². The monoisotopic (exact) mass is 230 g/mol. The number of carbonyl (C=O) groups excluding carboxylic acids is 2. The van der Waals surface area contributed by atoms with Crippen molar-refractivity contribution in [1.29, 1.82) is 0 Å². The number of esters is 1. The number of methoxy groups -OCH3 is 1. The first kappa shape index (κ1) is 14.9. The summed E-state index contributed by atoms with van der Waals surface area (Å²) in [5.41, 5.74) is 0. The van der Waals surface area contributed by atoms with Crippen LogP contribution in [-0.2, 0) is 14.3 Å². The Labute approximate surface area is 97.1 Å². The zero-order valence-electron chi connectivity index (χ0n) is 10.7. The van der Waals surface area contributed by atoms with Crippen LogP contribution in [0.1, 0.15) is 13.8 Å². The molecule has 0 heterocycles. The van der Waals surface area contributed by atoms with Gasteiger partial charge in [-0.1, -0.05) is 13.8 Å². The van der Waals surface area contributed by atoms with Gasteiger partial charge in [0, 0.05) is 13.1 Å². The average molecular weight is 230 g/mol. The number of carbonyl (C=O) groups is 2. The van der Waals surface area contributed by atoms with Gasteiger partial charge in [-0.3, -0.25) is 9.59 Å². The van der Waals surface area contributed by atoms with Crippen molar-refractivity contribution in [1.82, 2.24) is 10.2 Å². The summed E-state index contributed by atoms with van der Waals surface area (Å²) in [5.74, 6) is -1.51. The van der Waals surface area contributed by atoms with E-state index in [2.05, 4.69) is 10.1 Å². The number of likely N-dealkylation sites (N-methyl/N-ethyl adjacent to an activating group) is 1. The summed E-state index contributed by atoms with van der Waals surface area (Å²) in [6, 6.07) is 0. The SMILES string of the molecule is COC(=O)C(C(=O)NCCN(C)C)C(C)C. The zero-order valence-corrected chi connectivity index (χ0v) is 10.7. The van der Waals surface area contributed by atoms with E-state index in [0.717, 1.165) is 6.54 Å². The molecule has 0 aliphatic rings. The molecular formula is C11H22N2O3. The summed E-state index contributed by atoms with van der Waals surface area (Å²) >= 11 is 0. The molecule has 1 atom stereocenters. The number of rotatable bonds is 6. The van der Waals surface area contributed by atoms with Gasteiger partial charge in [0.25, 0.3) is 0 Å². The van der Waals surface area contributed by atoms with Crippen LogP contribution in [0.25, 0.3) is 0 Å². The quantitative estimate of drug-likeness (QED) is 0.520. The molecule has 0 aromatic rings. The van der Waals surface area contributed by atoms with Crippen LogP contribution in [0.5, 0.6) is 0 Å². The summed E-state index contributed by atoms with van der Waals surface area (Å²) < 4.78 is 4.61. The van der Waals surface area contributed by atoms with Crippen LogP contribution < -0.4 is 5.32 Å². The second-order valence-corrected chi connectivity index (χ2v) is 4.34. The predicted octanol–water partition coefficient (Wildman–Crippen LogP) is 0.109. The van der Waals surface area contributed by atoms with Crippen molar-refractivity contribution in [2.75, 3.05) is 34.3 Å². The Balaban J connectivity index is 4.24. The maximum absolute atomic E-state index is 11.7. The smallest absolute Gasteiger partial charge is 0.318 e. The van der Waals surface area contributed by atoms with Crippen LogP contribution in [0, 0.1) is 11.8 Å². The fourth-order valence-corrected chi connectivity index (χ4v) is 1.32. The van der Waals surface area contributed by atoms with Crippen LogP contribution in [-0.4, -0.2) is 51.1 Å². The van der Waals surface area contributed by atoms with Crippen LogP contribution in [0.15, 0.2) is 0 Å². The first-order chi connectivity index (χ1) is 7.40. The molecule has 0 aromatic carbocycles. The Hall–Kier alpha value is -1.10. The molecule has 0 radical (unpaired) electrons. The largest absolute Gasteiger partial charge is 0.468 e. The second-order valence-electron chi connectivity index (χ2n) is 4.34. The molecule has 1 N–H and O–H groups in total. The minimum atomic E-state index is -0.716. The van der Waals surface area contributed by atoms with Crippen molar-refractivity contribution < 1.29 is 14.3 Å². The molecule has 0 saturated heterocycles. The third kappa shape index (κ3) is 5.11. The lowest BCUT2D eigenvalue weighted by Crippen LogP contribution is -2.41. The highest BCUT2D eigenvalue weighted by Crippen LogP contribution is 2.12. The molecule has 0 saturated carbocycles. The highest BCUT2D eigenvalue weighted by molar-refractivity contribution is 5.97. The molecular weight excluding hydrogens is 208 g/mol. The van der Waals surface area contributed by atoms with Gasteiger partial charge in [-0.15, -0.1) is 0 Å². The van der Waals surface area contributed by atoms with Crippen LogP contribution in [0.3, 0.4) is 0 Å². The average Bonchev–Trinajstić information content (AvgIpc) is 2.16. The first-order valence-corrected chi connectivity index (χ1v) is 5.40. The van der Waals surface area contributed by atoms with Gasteiger partial charge in [0.2, 0.25) is 5.91 Å². The highest BCUT2D eigenvalue weighted by atomic mass is 16.5. The molecule has 16 heavy (non-hydrogen) atoms. The molecule has 0 bridgehead atoms. The number of amides is 1. The molecule has 0 aromatic heterocycles. The van der Waals surface area contributed by atoms with Crippen LogP contribution in [0.2, 0.25) is 0 Å². The summed E-state index contributed by atoms with van der Waals surface area (Å²) in [6.45, 7) is 4.93. The van der Waals surface area contributed by atoms with Crippen LogP contribution >= 0.6 is 0 Å².